The fraction of sp³-hybridized carbons (Fsp3) is 0.538. The summed E-state index contributed by atoms with van der Waals surface area (Å²) in [7, 11) is 1.98. The summed E-state index contributed by atoms with van der Waals surface area (Å²) in [6, 6.07) is 6.48. The number of hydrogen-bond acceptors (Lipinski definition) is 4. The zero-order valence-corrected chi connectivity index (χ0v) is 10.3. The van der Waals surface area contributed by atoms with Gasteiger partial charge < -0.3 is 21.1 Å². The number of benzene rings is 1. The fourth-order valence-corrected chi connectivity index (χ4v) is 2.53. The fourth-order valence-electron chi connectivity index (χ4n) is 2.53. The minimum atomic E-state index is 0.00417. The van der Waals surface area contributed by atoms with Crippen LogP contribution >= 0.6 is 0 Å². The van der Waals surface area contributed by atoms with Gasteiger partial charge in [-0.05, 0) is 38.1 Å². The number of aliphatic hydroxyl groups excluding tert-OH is 1. The minimum absolute atomic E-state index is 0.00417. The maximum absolute atomic E-state index is 9.24. The Bertz CT molecular complexity index is 381. The first-order valence-electron chi connectivity index (χ1n) is 6.16. The van der Waals surface area contributed by atoms with Crippen LogP contribution in [0.15, 0.2) is 18.2 Å². The van der Waals surface area contributed by atoms with Crippen LogP contribution in [0.2, 0.25) is 0 Å². The first kappa shape index (κ1) is 12.2. The van der Waals surface area contributed by atoms with Gasteiger partial charge in [-0.3, -0.25) is 0 Å². The van der Waals surface area contributed by atoms with E-state index in [0.717, 1.165) is 18.7 Å². The van der Waals surface area contributed by atoms with E-state index in [0.29, 0.717) is 11.7 Å². The van der Waals surface area contributed by atoms with E-state index in [1.807, 2.05) is 25.2 Å². The van der Waals surface area contributed by atoms with Crippen LogP contribution in [0.4, 0.5) is 11.4 Å². The number of nitrogens with one attached hydrogen (secondary N) is 1. The molecule has 4 heteroatoms. The lowest BCUT2D eigenvalue weighted by atomic mass is 10.1. The van der Waals surface area contributed by atoms with Crippen molar-refractivity contribution in [3.63, 3.8) is 0 Å². The van der Waals surface area contributed by atoms with E-state index in [-0.39, 0.29) is 6.61 Å². The summed E-state index contributed by atoms with van der Waals surface area (Å²) < 4.78 is 0. The lowest BCUT2D eigenvalue weighted by Gasteiger charge is -2.27. The van der Waals surface area contributed by atoms with Crippen molar-refractivity contribution in [3.05, 3.63) is 23.8 Å². The molecule has 1 fully saturated rings. The van der Waals surface area contributed by atoms with E-state index >= 15 is 0 Å². The smallest absolute Gasteiger partial charge is 0.0702 e. The minimum Gasteiger partial charge on any atom is -0.398 e. The second kappa shape index (κ2) is 5.38. The molecule has 0 bridgehead atoms. The van der Waals surface area contributed by atoms with Crippen molar-refractivity contribution in [2.75, 3.05) is 30.8 Å². The molecule has 1 aromatic rings. The molecule has 1 unspecified atom stereocenters. The average Bonchev–Trinajstić information content (AvgIpc) is 2.78. The third-order valence-electron chi connectivity index (χ3n) is 3.45. The lowest BCUT2D eigenvalue weighted by Crippen LogP contribution is -2.36. The molecule has 0 amide bonds. The van der Waals surface area contributed by atoms with E-state index in [2.05, 4.69) is 10.2 Å². The Morgan fingerprint density at radius 1 is 1.53 bits per heavy atom. The predicted octanol–water partition coefficient (Wildman–Crippen LogP) is 0.949. The van der Waals surface area contributed by atoms with Crippen LogP contribution in [0.5, 0.6) is 0 Å². The van der Waals surface area contributed by atoms with Gasteiger partial charge in [-0.1, -0.05) is 0 Å². The van der Waals surface area contributed by atoms with Gasteiger partial charge in [0.1, 0.15) is 0 Å². The summed E-state index contributed by atoms with van der Waals surface area (Å²) >= 11 is 0. The Hall–Kier alpha value is -1.26. The van der Waals surface area contributed by atoms with Gasteiger partial charge in [0, 0.05) is 36.1 Å². The third kappa shape index (κ3) is 2.53. The highest BCUT2D eigenvalue weighted by Gasteiger charge is 2.24. The first-order valence-corrected chi connectivity index (χ1v) is 6.16. The number of likely N-dealkylation sites (N-methyl/N-ethyl adjacent to an activating group) is 1. The zero-order valence-electron chi connectivity index (χ0n) is 10.3. The van der Waals surface area contributed by atoms with E-state index < -0.39 is 0 Å². The molecule has 0 aromatic heterocycles. The molecule has 1 aliphatic rings. The number of rotatable bonds is 4. The van der Waals surface area contributed by atoms with Crippen molar-refractivity contribution in [3.8, 4) is 0 Å². The van der Waals surface area contributed by atoms with Gasteiger partial charge in [0.05, 0.1) is 6.61 Å². The van der Waals surface area contributed by atoms with Crippen LogP contribution in [-0.2, 0) is 6.61 Å². The molecule has 94 valence electrons. The number of anilines is 2. The number of nitrogens with two attached hydrogens (primary N) is 1. The molecule has 0 radical (unpaired) electrons. The normalized spacial score (nSPS) is 19.9. The second-order valence-electron chi connectivity index (χ2n) is 4.59. The molecular weight excluding hydrogens is 214 g/mol. The number of hydrogen-bond donors (Lipinski definition) is 3. The van der Waals surface area contributed by atoms with Gasteiger partial charge in [-0.2, -0.15) is 0 Å². The summed E-state index contributed by atoms with van der Waals surface area (Å²) in [5, 5.41) is 12.5. The molecule has 4 N–H and O–H groups in total. The van der Waals surface area contributed by atoms with Crippen LogP contribution in [0.25, 0.3) is 0 Å². The highest BCUT2D eigenvalue weighted by atomic mass is 16.3. The van der Waals surface area contributed by atoms with Crippen LogP contribution in [-0.4, -0.2) is 31.3 Å². The van der Waals surface area contributed by atoms with Gasteiger partial charge >= 0.3 is 0 Å². The second-order valence-corrected chi connectivity index (χ2v) is 4.59. The van der Waals surface area contributed by atoms with E-state index in [4.69, 9.17) is 5.73 Å². The maximum atomic E-state index is 9.24. The van der Waals surface area contributed by atoms with E-state index in [9.17, 15) is 5.11 Å². The van der Waals surface area contributed by atoms with Crippen molar-refractivity contribution in [2.24, 2.45) is 0 Å². The third-order valence-corrected chi connectivity index (χ3v) is 3.45. The Kier molecular flexibility index (Phi) is 3.86. The van der Waals surface area contributed by atoms with E-state index in [1.165, 1.54) is 18.5 Å². The molecule has 0 aliphatic carbocycles. The molecule has 1 aliphatic heterocycles. The highest BCUT2D eigenvalue weighted by Crippen LogP contribution is 2.28. The molecule has 17 heavy (non-hydrogen) atoms. The van der Waals surface area contributed by atoms with Gasteiger partial charge in [-0.25, -0.2) is 0 Å². The number of nitrogen functional groups attached to an aromatic ring is 1. The predicted molar refractivity (Wildman–Crippen MR) is 71.1 cm³/mol. The molecule has 0 spiro atoms. The molecule has 1 aromatic carbocycles. The average molecular weight is 235 g/mol. The Balaban J connectivity index is 2.21. The van der Waals surface area contributed by atoms with Crippen LogP contribution in [0.1, 0.15) is 18.4 Å². The highest BCUT2D eigenvalue weighted by molar-refractivity contribution is 5.59. The summed E-state index contributed by atoms with van der Waals surface area (Å²) in [4.78, 5) is 2.40. The molecule has 1 saturated heterocycles. The number of aliphatic hydroxyl groups is 1. The van der Waals surface area contributed by atoms with Crippen molar-refractivity contribution < 1.29 is 5.11 Å². The molecule has 2 rings (SSSR count). The van der Waals surface area contributed by atoms with Crippen LogP contribution in [0.3, 0.4) is 0 Å². The first-order chi connectivity index (χ1) is 8.26. The Morgan fingerprint density at radius 2 is 2.35 bits per heavy atom. The molecule has 1 heterocycles. The van der Waals surface area contributed by atoms with Gasteiger partial charge in [0.15, 0.2) is 0 Å². The van der Waals surface area contributed by atoms with Crippen molar-refractivity contribution in [1.82, 2.24) is 5.32 Å². The summed E-state index contributed by atoms with van der Waals surface area (Å²) in [5.41, 5.74) is 8.45. The molecular formula is C13H21N3O. The lowest BCUT2D eigenvalue weighted by molar-refractivity contribution is 0.282. The van der Waals surface area contributed by atoms with Gasteiger partial charge in [-0.15, -0.1) is 0 Å². The summed E-state index contributed by atoms with van der Waals surface area (Å²) in [6.07, 6.45) is 2.45. The Morgan fingerprint density at radius 3 is 3.06 bits per heavy atom. The van der Waals surface area contributed by atoms with Gasteiger partial charge in [0.2, 0.25) is 0 Å². The summed E-state index contributed by atoms with van der Waals surface area (Å²) in [6.45, 7) is 2.09. The quantitative estimate of drug-likeness (QED) is 0.680. The van der Waals surface area contributed by atoms with Crippen molar-refractivity contribution in [2.45, 2.75) is 25.5 Å². The Labute approximate surface area is 102 Å². The molecule has 0 saturated carbocycles. The molecule has 4 nitrogen and oxygen atoms in total. The zero-order chi connectivity index (χ0) is 12.3. The van der Waals surface area contributed by atoms with Gasteiger partial charge in [0.25, 0.3) is 0 Å². The largest absolute Gasteiger partial charge is 0.398 e. The van der Waals surface area contributed by atoms with Crippen molar-refractivity contribution in [1.29, 1.82) is 0 Å². The van der Waals surface area contributed by atoms with E-state index in [1.54, 1.807) is 0 Å². The van der Waals surface area contributed by atoms with Crippen LogP contribution < -0.4 is 16.0 Å². The maximum Gasteiger partial charge on any atom is 0.0702 e. The van der Waals surface area contributed by atoms with Crippen molar-refractivity contribution >= 4 is 11.4 Å². The SMILES string of the molecule is CNCC1CCCN1c1ccc(N)c(CO)c1. The molecule has 1 atom stereocenters. The topological polar surface area (TPSA) is 61.5 Å². The summed E-state index contributed by atoms with van der Waals surface area (Å²) in [5.74, 6) is 0. The van der Waals surface area contributed by atoms with Crippen LogP contribution in [0, 0.1) is 0 Å². The standard InChI is InChI=1S/C13H21N3O/c1-15-8-12-3-2-6-16(12)11-4-5-13(14)10(7-11)9-17/h4-5,7,12,15,17H,2-3,6,8-9,14H2,1H3. The monoisotopic (exact) mass is 235 g/mol. The number of nitrogens with zero attached hydrogens (tertiary/aromatic N) is 1.